The highest BCUT2D eigenvalue weighted by Crippen LogP contribution is 2.10. The van der Waals surface area contributed by atoms with E-state index in [9.17, 15) is 0 Å². The van der Waals surface area contributed by atoms with Gasteiger partial charge in [0.1, 0.15) is 0 Å². The van der Waals surface area contributed by atoms with Gasteiger partial charge < -0.3 is 20.5 Å². The van der Waals surface area contributed by atoms with Crippen LogP contribution in [0.2, 0.25) is 0 Å². The molecule has 1 aromatic rings. The van der Waals surface area contributed by atoms with Crippen molar-refractivity contribution in [1.29, 1.82) is 0 Å². The number of hydrazine groups is 1. The van der Waals surface area contributed by atoms with E-state index in [1.54, 1.807) is 17.0 Å². The van der Waals surface area contributed by atoms with Gasteiger partial charge in [-0.2, -0.15) is 0 Å². The molecule has 0 spiro atoms. The molecule has 0 amide bonds. The molecule has 0 aliphatic carbocycles. The maximum absolute atomic E-state index is 8.82. The third kappa shape index (κ3) is 4.15. The van der Waals surface area contributed by atoms with E-state index >= 15 is 0 Å². The van der Waals surface area contributed by atoms with Crippen LogP contribution in [0.25, 0.3) is 0 Å². The zero-order valence-electron chi connectivity index (χ0n) is 8.70. The van der Waals surface area contributed by atoms with E-state index in [4.69, 9.17) is 16.1 Å². The van der Waals surface area contributed by atoms with E-state index in [0.29, 0.717) is 24.7 Å². The van der Waals surface area contributed by atoms with Crippen LogP contribution in [0.5, 0.6) is 0 Å². The lowest BCUT2D eigenvalue weighted by molar-refractivity contribution is 0.280. The van der Waals surface area contributed by atoms with Crippen molar-refractivity contribution in [3.63, 3.8) is 0 Å². The zero-order valence-corrected chi connectivity index (χ0v) is 9.52. The second-order valence-corrected chi connectivity index (χ2v) is 2.86. The van der Waals surface area contributed by atoms with Gasteiger partial charge in [-0.1, -0.05) is 0 Å². The fourth-order valence-corrected chi connectivity index (χ4v) is 1.15. The molecule has 0 saturated heterocycles. The molecule has 1 rings (SSSR count). The van der Waals surface area contributed by atoms with E-state index in [0.717, 1.165) is 0 Å². The Morgan fingerprint density at radius 1 is 1.19 bits per heavy atom. The number of nitrogens with zero attached hydrogens (tertiary/aromatic N) is 3. The summed E-state index contributed by atoms with van der Waals surface area (Å²) in [6.07, 6.45) is 0. The molecule has 0 radical (unpaired) electrons. The highest BCUT2D eigenvalue weighted by atomic mass is 35.5. The highest BCUT2D eigenvalue weighted by molar-refractivity contribution is 5.85. The van der Waals surface area contributed by atoms with Gasteiger partial charge in [0.05, 0.1) is 13.2 Å². The van der Waals surface area contributed by atoms with Crippen molar-refractivity contribution in [3.8, 4) is 0 Å². The summed E-state index contributed by atoms with van der Waals surface area (Å²) in [6, 6.07) is 3.39. The second kappa shape index (κ2) is 8.05. The number of hydrogen-bond donors (Lipinski definition) is 4. The molecule has 0 atom stereocenters. The first-order valence-electron chi connectivity index (χ1n) is 4.59. The zero-order chi connectivity index (χ0) is 11.1. The Kier molecular flexibility index (Phi) is 7.48. The number of aliphatic hydroxyl groups is 2. The Balaban J connectivity index is 0.00000225. The third-order valence-corrected chi connectivity index (χ3v) is 1.86. The van der Waals surface area contributed by atoms with E-state index < -0.39 is 0 Å². The first kappa shape index (κ1) is 14.8. The Hall–Kier alpha value is -1.15. The van der Waals surface area contributed by atoms with E-state index in [2.05, 4.69) is 15.6 Å². The SMILES string of the molecule is Cl.NNc1ccc(N(CCO)CCO)nn1. The van der Waals surface area contributed by atoms with Gasteiger partial charge in [0.2, 0.25) is 0 Å². The second-order valence-electron chi connectivity index (χ2n) is 2.86. The molecular formula is C8H16ClN5O2. The predicted molar refractivity (Wildman–Crippen MR) is 63.5 cm³/mol. The molecule has 1 aromatic heterocycles. The molecule has 0 bridgehead atoms. The van der Waals surface area contributed by atoms with Gasteiger partial charge in [-0.05, 0) is 12.1 Å². The van der Waals surface area contributed by atoms with Crippen molar-refractivity contribution in [1.82, 2.24) is 10.2 Å². The molecule has 0 fully saturated rings. The quantitative estimate of drug-likeness (QED) is 0.377. The standard InChI is InChI=1S/C8H15N5O2.ClH/c9-10-7-1-2-8(12-11-7)13(3-5-14)4-6-15;/h1-2,14-15H,3-6,9H2,(H,10,11);1H. The first-order valence-corrected chi connectivity index (χ1v) is 4.59. The topological polar surface area (TPSA) is 108 Å². The normalized spacial score (nSPS) is 9.44. The van der Waals surface area contributed by atoms with Crippen molar-refractivity contribution in [2.45, 2.75) is 0 Å². The Morgan fingerprint density at radius 2 is 1.81 bits per heavy atom. The fourth-order valence-electron chi connectivity index (χ4n) is 1.15. The van der Waals surface area contributed by atoms with Gasteiger partial charge in [0, 0.05) is 13.1 Å². The summed E-state index contributed by atoms with van der Waals surface area (Å²) in [7, 11) is 0. The number of anilines is 2. The van der Waals surface area contributed by atoms with Crippen LogP contribution in [0, 0.1) is 0 Å². The summed E-state index contributed by atoms with van der Waals surface area (Å²) in [5.41, 5.74) is 2.37. The molecule has 8 heteroatoms. The van der Waals surface area contributed by atoms with Crippen LogP contribution in [0.15, 0.2) is 12.1 Å². The predicted octanol–water partition coefficient (Wildman–Crippen LogP) is -1.03. The summed E-state index contributed by atoms with van der Waals surface area (Å²) in [5.74, 6) is 6.21. The Bertz CT molecular complexity index is 278. The van der Waals surface area contributed by atoms with E-state index in [1.165, 1.54) is 0 Å². The number of nitrogen functional groups attached to an aromatic ring is 1. The largest absolute Gasteiger partial charge is 0.395 e. The molecule has 7 nitrogen and oxygen atoms in total. The average molecular weight is 250 g/mol. The highest BCUT2D eigenvalue weighted by Gasteiger charge is 2.06. The first-order chi connectivity index (χ1) is 7.31. The van der Waals surface area contributed by atoms with Crippen LogP contribution in [0.4, 0.5) is 11.6 Å². The summed E-state index contributed by atoms with van der Waals surface area (Å²) < 4.78 is 0. The number of halogens is 1. The van der Waals surface area contributed by atoms with Crippen LogP contribution >= 0.6 is 12.4 Å². The number of hydrogen-bond acceptors (Lipinski definition) is 7. The van der Waals surface area contributed by atoms with E-state index in [-0.39, 0.29) is 25.6 Å². The average Bonchev–Trinajstić information content (AvgIpc) is 2.29. The van der Waals surface area contributed by atoms with Crippen molar-refractivity contribution in [2.24, 2.45) is 5.84 Å². The molecule has 0 aromatic carbocycles. The fraction of sp³-hybridized carbons (Fsp3) is 0.500. The molecular weight excluding hydrogens is 234 g/mol. The maximum atomic E-state index is 8.82. The van der Waals surface area contributed by atoms with E-state index in [1.807, 2.05) is 0 Å². The van der Waals surface area contributed by atoms with Crippen molar-refractivity contribution < 1.29 is 10.2 Å². The van der Waals surface area contributed by atoms with Gasteiger partial charge in [-0.3, -0.25) is 0 Å². The Morgan fingerprint density at radius 3 is 2.19 bits per heavy atom. The molecule has 0 aliphatic rings. The lowest BCUT2D eigenvalue weighted by Gasteiger charge is -2.20. The van der Waals surface area contributed by atoms with Gasteiger partial charge in [-0.15, -0.1) is 22.6 Å². The number of nitrogens with two attached hydrogens (primary N) is 1. The number of rotatable bonds is 6. The summed E-state index contributed by atoms with van der Waals surface area (Å²) in [4.78, 5) is 1.73. The summed E-state index contributed by atoms with van der Waals surface area (Å²) >= 11 is 0. The lowest BCUT2D eigenvalue weighted by Crippen LogP contribution is -2.30. The van der Waals surface area contributed by atoms with Crippen LogP contribution in [0.3, 0.4) is 0 Å². The van der Waals surface area contributed by atoms with Gasteiger partial charge >= 0.3 is 0 Å². The van der Waals surface area contributed by atoms with Gasteiger partial charge in [-0.25, -0.2) is 5.84 Å². The van der Waals surface area contributed by atoms with Crippen LogP contribution in [-0.2, 0) is 0 Å². The van der Waals surface area contributed by atoms with Gasteiger partial charge in [0.15, 0.2) is 11.6 Å². The molecule has 0 unspecified atom stereocenters. The maximum Gasteiger partial charge on any atom is 0.162 e. The number of nitrogens with one attached hydrogen (secondary N) is 1. The molecule has 1 heterocycles. The van der Waals surface area contributed by atoms with Crippen LogP contribution < -0.4 is 16.2 Å². The molecule has 16 heavy (non-hydrogen) atoms. The van der Waals surface area contributed by atoms with Crippen molar-refractivity contribution in [3.05, 3.63) is 12.1 Å². The van der Waals surface area contributed by atoms with Gasteiger partial charge in [0.25, 0.3) is 0 Å². The third-order valence-electron chi connectivity index (χ3n) is 1.86. The number of aromatic nitrogens is 2. The minimum Gasteiger partial charge on any atom is -0.395 e. The minimum atomic E-state index is -0.00142. The monoisotopic (exact) mass is 249 g/mol. The molecule has 0 saturated carbocycles. The summed E-state index contributed by atoms with van der Waals surface area (Å²) in [5, 5.41) is 25.3. The van der Waals surface area contributed by atoms with Crippen LogP contribution in [-0.4, -0.2) is 46.7 Å². The smallest absolute Gasteiger partial charge is 0.162 e. The van der Waals surface area contributed by atoms with Crippen molar-refractivity contribution in [2.75, 3.05) is 36.6 Å². The summed E-state index contributed by atoms with van der Waals surface area (Å²) in [6.45, 7) is 0.812. The Labute approximate surface area is 99.7 Å². The lowest BCUT2D eigenvalue weighted by atomic mass is 10.4. The minimum absolute atomic E-state index is 0. The van der Waals surface area contributed by atoms with Crippen molar-refractivity contribution >= 4 is 24.0 Å². The molecule has 92 valence electrons. The number of aliphatic hydroxyl groups excluding tert-OH is 2. The molecule has 0 aliphatic heterocycles. The van der Waals surface area contributed by atoms with Crippen LogP contribution in [0.1, 0.15) is 0 Å². The molecule has 5 N–H and O–H groups in total.